The molecule has 0 aliphatic carbocycles. The van der Waals surface area contributed by atoms with Crippen LogP contribution in [0.25, 0.3) is 0 Å². The van der Waals surface area contributed by atoms with Gasteiger partial charge in [-0.25, -0.2) is 0 Å². The minimum Gasteiger partial charge on any atom is -0.496 e. The summed E-state index contributed by atoms with van der Waals surface area (Å²) in [6.07, 6.45) is 2.26. The SMILES string of the molecule is CNC(CC(C)CC(C)(C)C)c1c(OC)cccc1OC. The third-order valence-corrected chi connectivity index (χ3v) is 3.76. The molecule has 3 heteroatoms. The van der Waals surface area contributed by atoms with Crippen molar-refractivity contribution >= 4 is 0 Å². The van der Waals surface area contributed by atoms with E-state index in [9.17, 15) is 0 Å². The Bertz CT molecular complexity index is 415. The Morgan fingerprint density at radius 1 is 1.10 bits per heavy atom. The number of ether oxygens (including phenoxy) is 2. The zero-order chi connectivity index (χ0) is 16.0. The molecule has 0 aliphatic heterocycles. The predicted octanol–water partition coefficient (Wildman–Crippen LogP) is 4.43. The highest BCUT2D eigenvalue weighted by atomic mass is 16.5. The average molecular weight is 293 g/mol. The van der Waals surface area contributed by atoms with Crippen molar-refractivity contribution in [2.45, 2.75) is 46.6 Å². The number of hydrogen-bond acceptors (Lipinski definition) is 3. The van der Waals surface area contributed by atoms with Crippen LogP contribution in [-0.2, 0) is 0 Å². The highest BCUT2D eigenvalue weighted by Gasteiger charge is 2.24. The van der Waals surface area contributed by atoms with Gasteiger partial charge in [-0.05, 0) is 43.4 Å². The lowest BCUT2D eigenvalue weighted by Gasteiger charge is -2.28. The molecule has 0 spiro atoms. The Hall–Kier alpha value is -1.22. The van der Waals surface area contributed by atoms with E-state index in [4.69, 9.17) is 9.47 Å². The van der Waals surface area contributed by atoms with Gasteiger partial charge < -0.3 is 14.8 Å². The maximum atomic E-state index is 5.53. The van der Waals surface area contributed by atoms with Gasteiger partial charge in [-0.1, -0.05) is 33.8 Å². The van der Waals surface area contributed by atoms with Gasteiger partial charge in [0.25, 0.3) is 0 Å². The van der Waals surface area contributed by atoms with Crippen LogP contribution in [0.4, 0.5) is 0 Å². The fourth-order valence-electron chi connectivity index (χ4n) is 3.13. The van der Waals surface area contributed by atoms with Gasteiger partial charge in [0.15, 0.2) is 0 Å². The van der Waals surface area contributed by atoms with Gasteiger partial charge in [0.1, 0.15) is 11.5 Å². The van der Waals surface area contributed by atoms with E-state index >= 15 is 0 Å². The van der Waals surface area contributed by atoms with E-state index in [1.807, 2.05) is 25.2 Å². The molecule has 0 aliphatic rings. The quantitative estimate of drug-likeness (QED) is 0.807. The Kier molecular flexibility index (Phi) is 6.53. The number of methoxy groups -OCH3 is 2. The summed E-state index contributed by atoms with van der Waals surface area (Å²) in [6.45, 7) is 9.20. The van der Waals surface area contributed by atoms with Gasteiger partial charge >= 0.3 is 0 Å². The molecule has 1 N–H and O–H groups in total. The van der Waals surface area contributed by atoms with Crippen LogP contribution in [0.2, 0.25) is 0 Å². The third kappa shape index (κ3) is 5.24. The molecule has 1 aromatic carbocycles. The first-order valence-corrected chi connectivity index (χ1v) is 7.70. The second-order valence-electron chi connectivity index (χ2n) is 7.02. The van der Waals surface area contributed by atoms with Crippen molar-refractivity contribution in [3.05, 3.63) is 23.8 Å². The standard InChI is InChI=1S/C18H31NO2/c1-13(12-18(2,3)4)11-14(19-5)17-15(20-6)9-8-10-16(17)21-7/h8-10,13-14,19H,11-12H2,1-7H3. The number of nitrogens with one attached hydrogen (secondary N) is 1. The molecule has 1 aromatic rings. The zero-order valence-electron chi connectivity index (χ0n) is 14.6. The lowest BCUT2D eigenvalue weighted by molar-refractivity contribution is 0.274. The van der Waals surface area contributed by atoms with Gasteiger partial charge in [0, 0.05) is 6.04 Å². The van der Waals surface area contributed by atoms with Crippen LogP contribution in [-0.4, -0.2) is 21.3 Å². The van der Waals surface area contributed by atoms with Crippen LogP contribution in [0, 0.1) is 11.3 Å². The molecule has 0 saturated heterocycles. The maximum absolute atomic E-state index is 5.53. The summed E-state index contributed by atoms with van der Waals surface area (Å²) in [5.41, 5.74) is 1.47. The first-order chi connectivity index (χ1) is 9.82. The van der Waals surface area contributed by atoms with Gasteiger partial charge in [0.05, 0.1) is 19.8 Å². The molecule has 0 amide bonds. The fourth-order valence-corrected chi connectivity index (χ4v) is 3.13. The van der Waals surface area contributed by atoms with Crippen molar-refractivity contribution in [3.63, 3.8) is 0 Å². The third-order valence-electron chi connectivity index (χ3n) is 3.76. The van der Waals surface area contributed by atoms with E-state index in [0.29, 0.717) is 11.3 Å². The topological polar surface area (TPSA) is 30.5 Å². The predicted molar refractivity (Wildman–Crippen MR) is 89.2 cm³/mol. The molecule has 120 valence electrons. The lowest BCUT2D eigenvalue weighted by Crippen LogP contribution is -2.22. The summed E-state index contributed by atoms with van der Waals surface area (Å²) < 4.78 is 11.1. The van der Waals surface area contributed by atoms with Crippen LogP contribution in [0.1, 0.15) is 52.1 Å². The molecule has 0 fully saturated rings. The molecule has 0 radical (unpaired) electrons. The Labute approximate surface area is 130 Å². The van der Waals surface area contributed by atoms with Gasteiger partial charge in [-0.2, -0.15) is 0 Å². The smallest absolute Gasteiger partial charge is 0.127 e. The second kappa shape index (κ2) is 7.69. The molecule has 3 nitrogen and oxygen atoms in total. The van der Waals surface area contributed by atoms with Crippen molar-refractivity contribution in [3.8, 4) is 11.5 Å². The fraction of sp³-hybridized carbons (Fsp3) is 0.667. The van der Waals surface area contributed by atoms with Crippen molar-refractivity contribution < 1.29 is 9.47 Å². The molecule has 0 aromatic heterocycles. The van der Waals surface area contributed by atoms with Crippen molar-refractivity contribution in [1.82, 2.24) is 5.32 Å². The summed E-state index contributed by atoms with van der Waals surface area (Å²) in [4.78, 5) is 0. The molecular weight excluding hydrogens is 262 g/mol. The van der Waals surface area contributed by atoms with E-state index in [-0.39, 0.29) is 6.04 Å². The normalized spacial score (nSPS) is 14.6. The molecule has 1 rings (SSSR count). The summed E-state index contributed by atoms with van der Waals surface area (Å²) >= 11 is 0. The Morgan fingerprint density at radius 3 is 2.00 bits per heavy atom. The van der Waals surface area contributed by atoms with E-state index in [0.717, 1.165) is 23.5 Å². The monoisotopic (exact) mass is 293 g/mol. The van der Waals surface area contributed by atoms with Gasteiger partial charge in [0.2, 0.25) is 0 Å². The molecule has 0 heterocycles. The van der Waals surface area contributed by atoms with Gasteiger partial charge in [-0.3, -0.25) is 0 Å². The summed E-state index contributed by atoms with van der Waals surface area (Å²) in [5.74, 6) is 2.39. The molecule has 21 heavy (non-hydrogen) atoms. The van der Waals surface area contributed by atoms with E-state index in [2.05, 4.69) is 33.0 Å². The van der Waals surface area contributed by atoms with Crippen molar-refractivity contribution in [1.29, 1.82) is 0 Å². The molecular formula is C18H31NO2. The van der Waals surface area contributed by atoms with Gasteiger partial charge in [-0.15, -0.1) is 0 Å². The van der Waals surface area contributed by atoms with E-state index in [1.54, 1.807) is 14.2 Å². The molecule has 0 saturated carbocycles. The number of hydrogen-bond donors (Lipinski definition) is 1. The largest absolute Gasteiger partial charge is 0.496 e. The van der Waals surface area contributed by atoms with Crippen molar-refractivity contribution in [2.24, 2.45) is 11.3 Å². The minimum absolute atomic E-state index is 0.230. The molecule has 2 atom stereocenters. The maximum Gasteiger partial charge on any atom is 0.127 e. The van der Waals surface area contributed by atoms with Crippen LogP contribution < -0.4 is 14.8 Å². The van der Waals surface area contributed by atoms with Crippen molar-refractivity contribution in [2.75, 3.05) is 21.3 Å². The average Bonchev–Trinajstić information content (AvgIpc) is 2.42. The highest BCUT2D eigenvalue weighted by Crippen LogP contribution is 2.38. The second-order valence-corrected chi connectivity index (χ2v) is 7.02. The number of benzene rings is 1. The first kappa shape index (κ1) is 17.8. The number of rotatable bonds is 7. The Morgan fingerprint density at radius 2 is 1.62 bits per heavy atom. The minimum atomic E-state index is 0.230. The van der Waals surface area contributed by atoms with Crippen LogP contribution >= 0.6 is 0 Å². The lowest BCUT2D eigenvalue weighted by atomic mass is 9.82. The molecule has 2 unspecified atom stereocenters. The van der Waals surface area contributed by atoms with Crippen LogP contribution in [0.3, 0.4) is 0 Å². The summed E-state index contributed by atoms with van der Waals surface area (Å²) in [7, 11) is 5.42. The highest BCUT2D eigenvalue weighted by molar-refractivity contribution is 5.47. The van der Waals surface area contributed by atoms with Crippen LogP contribution in [0.15, 0.2) is 18.2 Å². The van der Waals surface area contributed by atoms with E-state index in [1.165, 1.54) is 6.42 Å². The summed E-state index contributed by atoms with van der Waals surface area (Å²) in [5, 5.41) is 3.42. The first-order valence-electron chi connectivity index (χ1n) is 7.70. The Balaban J connectivity index is 2.99. The zero-order valence-corrected chi connectivity index (χ0v) is 14.6. The summed E-state index contributed by atoms with van der Waals surface area (Å²) in [6, 6.07) is 6.19. The van der Waals surface area contributed by atoms with E-state index < -0.39 is 0 Å². The molecule has 0 bridgehead atoms. The van der Waals surface area contributed by atoms with Crippen LogP contribution in [0.5, 0.6) is 11.5 Å².